The first-order valence-electron chi connectivity index (χ1n) is 5.38. The second-order valence-corrected chi connectivity index (χ2v) is 5.61. The monoisotopic (exact) mass is 320 g/mol. The van der Waals surface area contributed by atoms with Gasteiger partial charge in [-0.1, -0.05) is 12.1 Å². The minimum Gasteiger partial charge on any atom is -0.383 e. The summed E-state index contributed by atoms with van der Waals surface area (Å²) in [5.41, 5.74) is 2.32. The number of hydrogen-bond acceptors (Lipinski definition) is 4. The molecule has 1 unspecified atom stereocenters. The SMILES string of the molecule is OC(c1sccc1Br)c1cccc2nccnc12. The van der Waals surface area contributed by atoms with Crippen molar-refractivity contribution in [2.24, 2.45) is 0 Å². The minimum atomic E-state index is -0.681. The smallest absolute Gasteiger partial charge is 0.116 e. The second kappa shape index (κ2) is 4.76. The Morgan fingerprint density at radius 3 is 2.78 bits per heavy atom. The van der Waals surface area contributed by atoms with Gasteiger partial charge in [0.25, 0.3) is 0 Å². The summed E-state index contributed by atoms with van der Waals surface area (Å²) in [5, 5.41) is 12.4. The Bertz CT molecular complexity index is 693. The number of thiophene rings is 1. The molecular weight excluding hydrogens is 312 g/mol. The van der Waals surface area contributed by atoms with Crippen molar-refractivity contribution in [3.05, 3.63) is 57.0 Å². The van der Waals surface area contributed by atoms with Crippen molar-refractivity contribution in [3.8, 4) is 0 Å². The van der Waals surface area contributed by atoms with E-state index in [9.17, 15) is 5.11 Å². The molecular formula is C13H9BrN2OS. The van der Waals surface area contributed by atoms with Gasteiger partial charge in [-0.25, -0.2) is 0 Å². The third kappa shape index (κ3) is 1.94. The van der Waals surface area contributed by atoms with Gasteiger partial charge in [-0.3, -0.25) is 9.97 Å². The zero-order valence-electron chi connectivity index (χ0n) is 9.25. The van der Waals surface area contributed by atoms with Crippen molar-refractivity contribution in [2.75, 3.05) is 0 Å². The van der Waals surface area contributed by atoms with Crippen LogP contribution in [-0.2, 0) is 0 Å². The topological polar surface area (TPSA) is 46.0 Å². The molecule has 5 heteroatoms. The molecule has 0 fully saturated rings. The van der Waals surface area contributed by atoms with E-state index in [0.29, 0.717) is 0 Å². The predicted molar refractivity (Wildman–Crippen MR) is 75.6 cm³/mol. The molecule has 0 saturated carbocycles. The molecule has 3 rings (SSSR count). The molecule has 0 bridgehead atoms. The zero-order chi connectivity index (χ0) is 12.5. The lowest BCUT2D eigenvalue weighted by atomic mass is 10.1. The van der Waals surface area contributed by atoms with Crippen molar-refractivity contribution in [2.45, 2.75) is 6.10 Å². The fourth-order valence-electron chi connectivity index (χ4n) is 1.88. The van der Waals surface area contributed by atoms with Gasteiger partial charge in [-0.2, -0.15) is 0 Å². The van der Waals surface area contributed by atoms with Crippen LogP contribution < -0.4 is 0 Å². The van der Waals surface area contributed by atoms with Gasteiger partial charge in [0.2, 0.25) is 0 Å². The molecule has 0 radical (unpaired) electrons. The Hall–Kier alpha value is -1.30. The Kier molecular flexibility index (Phi) is 3.11. The van der Waals surface area contributed by atoms with Crippen LogP contribution in [0.2, 0.25) is 0 Å². The maximum atomic E-state index is 10.5. The van der Waals surface area contributed by atoms with E-state index < -0.39 is 6.10 Å². The Morgan fingerprint density at radius 1 is 1.17 bits per heavy atom. The maximum Gasteiger partial charge on any atom is 0.116 e. The second-order valence-electron chi connectivity index (χ2n) is 3.81. The Labute approximate surface area is 116 Å². The third-order valence-electron chi connectivity index (χ3n) is 2.72. The van der Waals surface area contributed by atoms with Gasteiger partial charge in [0.05, 0.1) is 15.9 Å². The van der Waals surface area contributed by atoms with Gasteiger partial charge in [-0.15, -0.1) is 11.3 Å². The molecule has 1 atom stereocenters. The lowest BCUT2D eigenvalue weighted by Gasteiger charge is -2.11. The van der Waals surface area contributed by atoms with E-state index in [1.807, 2.05) is 29.6 Å². The summed E-state index contributed by atoms with van der Waals surface area (Å²) in [4.78, 5) is 9.44. The van der Waals surface area contributed by atoms with E-state index >= 15 is 0 Å². The van der Waals surface area contributed by atoms with Gasteiger partial charge >= 0.3 is 0 Å². The molecule has 2 aromatic heterocycles. The molecule has 1 aromatic carbocycles. The van der Waals surface area contributed by atoms with E-state index in [4.69, 9.17) is 0 Å². The standard InChI is InChI=1S/C13H9BrN2OS/c14-9-4-7-18-13(9)12(17)8-2-1-3-10-11(8)16-6-5-15-10/h1-7,12,17H. The summed E-state index contributed by atoms with van der Waals surface area (Å²) in [6.07, 6.45) is 2.61. The Balaban J connectivity index is 2.18. The lowest BCUT2D eigenvalue weighted by molar-refractivity contribution is 0.225. The molecule has 1 N–H and O–H groups in total. The average Bonchev–Trinajstić information content (AvgIpc) is 2.83. The quantitative estimate of drug-likeness (QED) is 0.785. The summed E-state index contributed by atoms with van der Waals surface area (Å²) in [5.74, 6) is 0. The largest absolute Gasteiger partial charge is 0.383 e. The molecule has 18 heavy (non-hydrogen) atoms. The van der Waals surface area contributed by atoms with Crippen LogP contribution in [0.5, 0.6) is 0 Å². The number of hydrogen-bond donors (Lipinski definition) is 1. The molecule has 0 aliphatic carbocycles. The van der Waals surface area contributed by atoms with E-state index in [-0.39, 0.29) is 0 Å². The predicted octanol–water partition coefficient (Wildman–Crippen LogP) is 3.54. The number of aliphatic hydroxyl groups excluding tert-OH is 1. The Morgan fingerprint density at radius 2 is 2.00 bits per heavy atom. The molecule has 0 saturated heterocycles. The molecule has 3 nitrogen and oxygen atoms in total. The molecule has 90 valence electrons. The summed E-state index contributed by atoms with van der Waals surface area (Å²) < 4.78 is 0.917. The summed E-state index contributed by atoms with van der Waals surface area (Å²) in [7, 11) is 0. The first kappa shape index (κ1) is 11.8. The zero-order valence-corrected chi connectivity index (χ0v) is 11.6. The van der Waals surface area contributed by atoms with Gasteiger partial charge in [-0.05, 0) is 33.4 Å². The van der Waals surface area contributed by atoms with Crippen LogP contribution in [0.4, 0.5) is 0 Å². The highest BCUT2D eigenvalue weighted by molar-refractivity contribution is 9.10. The van der Waals surface area contributed by atoms with Crippen LogP contribution in [-0.4, -0.2) is 15.1 Å². The average molecular weight is 321 g/mol. The highest BCUT2D eigenvalue weighted by Crippen LogP contribution is 2.34. The summed E-state index contributed by atoms with van der Waals surface area (Å²) >= 11 is 4.96. The lowest BCUT2D eigenvalue weighted by Crippen LogP contribution is -2.00. The van der Waals surface area contributed by atoms with E-state index in [2.05, 4.69) is 25.9 Å². The number of nitrogens with zero attached hydrogens (tertiary/aromatic N) is 2. The van der Waals surface area contributed by atoms with E-state index in [1.54, 1.807) is 12.4 Å². The molecule has 0 aliphatic heterocycles. The summed E-state index contributed by atoms with van der Waals surface area (Å²) in [6.45, 7) is 0. The van der Waals surface area contributed by atoms with Gasteiger partial charge in [0.15, 0.2) is 0 Å². The number of halogens is 1. The van der Waals surface area contributed by atoms with Crippen molar-refractivity contribution in [1.29, 1.82) is 0 Å². The number of para-hydroxylation sites is 1. The van der Waals surface area contributed by atoms with Crippen LogP contribution in [0.3, 0.4) is 0 Å². The highest BCUT2D eigenvalue weighted by Gasteiger charge is 2.18. The number of fused-ring (bicyclic) bond motifs is 1. The maximum absolute atomic E-state index is 10.5. The van der Waals surface area contributed by atoms with Crippen molar-refractivity contribution in [3.63, 3.8) is 0 Å². The fourth-order valence-corrected chi connectivity index (χ4v) is 3.47. The molecule has 0 aliphatic rings. The minimum absolute atomic E-state index is 0.681. The highest BCUT2D eigenvalue weighted by atomic mass is 79.9. The third-order valence-corrected chi connectivity index (χ3v) is 4.64. The van der Waals surface area contributed by atoms with Crippen molar-refractivity contribution < 1.29 is 5.11 Å². The van der Waals surface area contributed by atoms with Crippen LogP contribution >= 0.6 is 27.3 Å². The molecule has 0 spiro atoms. The fraction of sp³-hybridized carbons (Fsp3) is 0.0769. The first-order chi connectivity index (χ1) is 8.77. The van der Waals surface area contributed by atoms with Crippen LogP contribution in [0.15, 0.2) is 46.5 Å². The number of aliphatic hydroxyl groups is 1. The van der Waals surface area contributed by atoms with Gasteiger partial charge in [0, 0.05) is 22.4 Å². The first-order valence-corrected chi connectivity index (χ1v) is 7.05. The van der Waals surface area contributed by atoms with Gasteiger partial charge in [0.1, 0.15) is 6.10 Å². The molecule has 2 heterocycles. The molecule has 3 aromatic rings. The van der Waals surface area contributed by atoms with Crippen LogP contribution in [0, 0.1) is 0 Å². The van der Waals surface area contributed by atoms with E-state index in [1.165, 1.54) is 11.3 Å². The van der Waals surface area contributed by atoms with E-state index in [0.717, 1.165) is 25.9 Å². The van der Waals surface area contributed by atoms with Gasteiger partial charge < -0.3 is 5.11 Å². The molecule has 0 amide bonds. The van der Waals surface area contributed by atoms with Crippen molar-refractivity contribution in [1.82, 2.24) is 9.97 Å². The van der Waals surface area contributed by atoms with Crippen molar-refractivity contribution >= 4 is 38.3 Å². The van der Waals surface area contributed by atoms with Crippen LogP contribution in [0.25, 0.3) is 11.0 Å². The number of benzene rings is 1. The van der Waals surface area contributed by atoms with Crippen LogP contribution in [0.1, 0.15) is 16.5 Å². The normalized spacial score (nSPS) is 12.8. The number of aromatic nitrogens is 2. The summed E-state index contributed by atoms with van der Waals surface area (Å²) in [6, 6.07) is 7.59. The number of rotatable bonds is 2.